The van der Waals surface area contributed by atoms with Crippen LogP contribution in [-0.4, -0.2) is 22.9 Å². The highest BCUT2D eigenvalue weighted by Gasteiger charge is 2.10. The third kappa shape index (κ3) is 3.87. The molecule has 0 radical (unpaired) electrons. The highest BCUT2D eigenvalue weighted by Crippen LogP contribution is 2.13. The van der Waals surface area contributed by atoms with Crippen LogP contribution in [0.2, 0.25) is 0 Å². The van der Waals surface area contributed by atoms with Crippen LogP contribution in [0.3, 0.4) is 0 Å². The third-order valence-corrected chi connectivity index (χ3v) is 3.48. The number of nitrogens with one attached hydrogen (secondary N) is 1. The summed E-state index contributed by atoms with van der Waals surface area (Å²) in [5.41, 5.74) is 1.82. The molecule has 2 aromatic rings. The number of aromatic nitrogens is 2. The van der Waals surface area contributed by atoms with E-state index in [0.29, 0.717) is 12.0 Å². The smallest absolute Gasteiger partial charge is 0.126 e. The fraction of sp³-hybridized carbons (Fsp3) is 0.400. The van der Waals surface area contributed by atoms with Gasteiger partial charge in [0.25, 0.3) is 0 Å². The lowest BCUT2D eigenvalue weighted by molar-refractivity contribution is 0.505. The lowest BCUT2D eigenvalue weighted by atomic mass is 10.0. The van der Waals surface area contributed by atoms with Crippen LogP contribution in [0.5, 0.6) is 0 Å². The highest BCUT2D eigenvalue weighted by molar-refractivity contribution is 5.19. The van der Waals surface area contributed by atoms with Gasteiger partial charge in [-0.3, -0.25) is 4.68 Å². The second-order valence-corrected chi connectivity index (χ2v) is 4.95. The topological polar surface area (TPSA) is 29.9 Å². The van der Waals surface area contributed by atoms with Gasteiger partial charge in [0.05, 0.1) is 0 Å². The first kappa shape index (κ1) is 14.7. The molecular weight excluding hydrogens is 260 g/mol. The predicted octanol–water partition coefficient (Wildman–Crippen LogP) is 2.46. The number of rotatable bonds is 6. The van der Waals surface area contributed by atoms with E-state index in [1.807, 2.05) is 24.8 Å². The SMILES string of the molecule is CNC(CCc1ccnn1C)Cc1cc(F)cc(F)c1. The Labute approximate surface area is 117 Å². The minimum atomic E-state index is -0.526. The number of benzene rings is 1. The van der Waals surface area contributed by atoms with Crippen molar-refractivity contribution in [3.63, 3.8) is 0 Å². The molecule has 0 aliphatic heterocycles. The van der Waals surface area contributed by atoms with Crippen molar-refractivity contribution >= 4 is 0 Å². The van der Waals surface area contributed by atoms with Crippen LogP contribution in [0.15, 0.2) is 30.5 Å². The second kappa shape index (κ2) is 6.61. The van der Waals surface area contributed by atoms with Crippen molar-refractivity contribution in [2.75, 3.05) is 7.05 Å². The van der Waals surface area contributed by atoms with Crippen LogP contribution >= 0.6 is 0 Å². The number of hydrogen-bond acceptors (Lipinski definition) is 2. The van der Waals surface area contributed by atoms with Gasteiger partial charge >= 0.3 is 0 Å². The predicted molar refractivity (Wildman–Crippen MR) is 74.4 cm³/mol. The van der Waals surface area contributed by atoms with Gasteiger partial charge in [0.2, 0.25) is 0 Å². The summed E-state index contributed by atoms with van der Waals surface area (Å²) in [6.45, 7) is 0. The van der Waals surface area contributed by atoms with Gasteiger partial charge in [0, 0.05) is 31.0 Å². The van der Waals surface area contributed by atoms with E-state index in [9.17, 15) is 8.78 Å². The van der Waals surface area contributed by atoms with Crippen LogP contribution < -0.4 is 5.32 Å². The third-order valence-electron chi connectivity index (χ3n) is 3.48. The molecule has 1 heterocycles. The van der Waals surface area contributed by atoms with Crippen LogP contribution in [-0.2, 0) is 19.9 Å². The molecule has 0 bridgehead atoms. The van der Waals surface area contributed by atoms with Gasteiger partial charge in [-0.2, -0.15) is 5.10 Å². The Morgan fingerprint density at radius 1 is 1.25 bits per heavy atom. The van der Waals surface area contributed by atoms with Crippen molar-refractivity contribution in [2.24, 2.45) is 7.05 Å². The van der Waals surface area contributed by atoms with Gasteiger partial charge in [-0.15, -0.1) is 0 Å². The van der Waals surface area contributed by atoms with Crippen molar-refractivity contribution in [1.82, 2.24) is 15.1 Å². The monoisotopic (exact) mass is 279 g/mol. The zero-order valence-electron chi connectivity index (χ0n) is 11.7. The first-order chi connectivity index (χ1) is 9.58. The maximum absolute atomic E-state index is 13.2. The number of nitrogens with zero attached hydrogens (tertiary/aromatic N) is 2. The molecule has 0 spiro atoms. The van der Waals surface area contributed by atoms with Gasteiger partial charge in [0.15, 0.2) is 0 Å². The molecule has 0 amide bonds. The fourth-order valence-corrected chi connectivity index (χ4v) is 2.33. The Kier molecular flexibility index (Phi) is 4.84. The van der Waals surface area contributed by atoms with E-state index < -0.39 is 11.6 Å². The van der Waals surface area contributed by atoms with E-state index >= 15 is 0 Å². The minimum absolute atomic E-state index is 0.172. The molecule has 0 fully saturated rings. The Morgan fingerprint density at radius 3 is 2.50 bits per heavy atom. The molecule has 5 heteroatoms. The summed E-state index contributed by atoms with van der Waals surface area (Å²) in [7, 11) is 3.77. The summed E-state index contributed by atoms with van der Waals surface area (Å²) in [6.07, 6.45) is 4.13. The molecule has 3 nitrogen and oxygen atoms in total. The summed E-state index contributed by atoms with van der Waals surface area (Å²) >= 11 is 0. The first-order valence-corrected chi connectivity index (χ1v) is 6.67. The normalized spacial score (nSPS) is 12.6. The number of hydrogen-bond donors (Lipinski definition) is 1. The molecule has 1 aromatic carbocycles. The molecular formula is C15H19F2N3. The number of likely N-dealkylation sites (N-methyl/N-ethyl adjacent to an activating group) is 1. The van der Waals surface area contributed by atoms with E-state index in [1.54, 1.807) is 6.20 Å². The molecule has 0 saturated carbocycles. The second-order valence-electron chi connectivity index (χ2n) is 4.95. The quantitative estimate of drug-likeness (QED) is 0.880. The first-order valence-electron chi connectivity index (χ1n) is 6.67. The average Bonchev–Trinajstić information content (AvgIpc) is 2.79. The fourth-order valence-electron chi connectivity index (χ4n) is 2.33. The lowest BCUT2D eigenvalue weighted by Gasteiger charge is -2.16. The molecule has 1 unspecified atom stereocenters. The highest BCUT2D eigenvalue weighted by atomic mass is 19.1. The zero-order valence-corrected chi connectivity index (χ0v) is 11.7. The van der Waals surface area contributed by atoms with Crippen molar-refractivity contribution in [2.45, 2.75) is 25.3 Å². The van der Waals surface area contributed by atoms with E-state index in [2.05, 4.69) is 10.4 Å². The Morgan fingerprint density at radius 2 is 1.95 bits per heavy atom. The van der Waals surface area contributed by atoms with E-state index in [-0.39, 0.29) is 6.04 Å². The van der Waals surface area contributed by atoms with Crippen molar-refractivity contribution in [3.8, 4) is 0 Å². The van der Waals surface area contributed by atoms with Gasteiger partial charge in [-0.25, -0.2) is 8.78 Å². The van der Waals surface area contributed by atoms with Crippen molar-refractivity contribution < 1.29 is 8.78 Å². The molecule has 108 valence electrons. The molecule has 1 aromatic heterocycles. The minimum Gasteiger partial charge on any atom is -0.317 e. The van der Waals surface area contributed by atoms with Gasteiger partial charge in [-0.1, -0.05) is 0 Å². The van der Waals surface area contributed by atoms with Crippen molar-refractivity contribution in [3.05, 3.63) is 53.4 Å². The number of halogens is 2. The van der Waals surface area contributed by atoms with E-state index in [1.165, 1.54) is 12.1 Å². The number of aryl methyl sites for hydroxylation is 2. The molecule has 1 atom stereocenters. The van der Waals surface area contributed by atoms with E-state index in [0.717, 1.165) is 24.6 Å². The Bertz CT molecular complexity index is 546. The maximum atomic E-state index is 13.2. The molecule has 0 aliphatic rings. The molecule has 2 rings (SSSR count). The summed E-state index contributed by atoms with van der Waals surface area (Å²) in [6, 6.07) is 5.82. The Hall–Kier alpha value is -1.75. The van der Waals surface area contributed by atoms with Gasteiger partial charge in [0.1, 0.15) is 11.6 Å². The van der Waals surface area contributed by atoms with Crippen molar-refractivity contribution in [1.29, 1.82) is 0 Å². The van der Waals surface area contributed by atoms with Crippen LogP contribution in [0.25, 0.3) is 0 Å². The van der Waals surface area contributed by atoms with Crippen LogP contribution in [0.1, 0.15) is 17.7 Å². The van der Waals surface area contributed by atoms with Gasteiger partial charge in [-0.05, 0) is 50.1 Å². The molecule has 1 N–H and O–H groups in total. The van der Waals surface area contributed by atoms with Gasteiger partial charge < -0.3 is 5.32 Å². The van der Waals surface area contributed by atoms with E-state index in [4.69, 9.17) is 0 Å². The zero-order chi connectivity index (χ0) is 14.5. The molecule has 0 saturated heterocycles. The maximum Gasteiger partial charge on any atom is 0.126 e. The summed E-state index contributed by atoms with van der Waals surface area (Å²) in [5.74, 6) is -1.05. The molecule has 0 aliphatic carbocycles. The Balaban J connectivity index is 1.96. The summed E-state index contributed by atoms with van der Waals surface area (Å²) in [5, 5.41) is 7.32. The van der Waals surface area contributed by atoms with Crippen LogP contribution in [0, 0.1) is 11.6 Å². The average molecular weight is 279 g/mol. The summed E-state index contributed by atoms with van der Waals surface area (Å²) < 4.78 is 28.2. The standard InChI is InChI=1S/C15H19F2N3/c1-18-14(3-4-15-5-6-19-20(15)2)9-11-7-12(16)10-13(17)8-11/h5-8,10,14,18H,3-4,9H2,1-2H3. The molecule has 20 heavy (non-hydrogen) atoms. The summed E-state index contributed by atoms with van der Waals surface area (Å²) in [4.78, 5) is 0. The lowest BCUT2D eigenvalue weighted by Crippen LogP contribution is -2.28. The van der Waals surface area contributed by atoms with Crippen LogP contribution in [0.4, 0.5) is 8.78 Å². The largest absolute Gasteiger partial charge is 0.317 e.